The largest absolute Gasteiger partial charge is 0.396 e. The molecular weight excluding hydrogens is 258 g/mol. The molecule has 0 bridgehead atoms. The Kier molecular flexibility index (Phi) is 5.54. The van der Waals surface area contributed by atoms with Crippen molar-refractivity contribution in [1.29, 1.82) is 0 Å². The van der Waals surface area contributed by atoms with Gasteiger partial charge in [0.05, 0.1) is 0 Å². The second-order valence-corrected chi connectivity index (χ2v) is 5.68. The molecule has 1 atom stereocenters. The lowest BCUT2D eigenvalue weighted by Crippen LogP contribution is -2.40. The van der Waals surface area contributed by atoms with E-state index < -0.39 is 0 Å². The molecule has 0 aliphatic heterocycles. The zero-order valence-electron chi connectivity index (χ0n) is 13.0. The molecule has 0 aliphatic carbocycles. The number of aliphatic hydroxyl groups excluding tert-OH is 1. The minimum atomic E-state index is -0.167. The quantitative estimate of drug-likeness (QED) is 0.806. The van der Waals surface area contributed by atoms with Crippen LogP contribution < -0.4 is 5.32 Å². The molecule has 0 heterocycles. The highest BCUT2D eigenvalue weighted by molar-refractivity contribution is 5.63. The SMILES string of the molecule is CCCNC(C)(CCO)c1ccc(-c2ccccc2)cc1. The first-order valence-corrected chi connectivity index (χ1v) is 7.71. The second kappa shape index (κ2) is 7.39. The Balaban J connectivity index is 2.23. The Labute approximate surface area is 127 Å². The third kappa shape index (κ3) is 3.93. The van der Waals surface area contributed by atoms with Gasteiger partial charge in [0.25, 0.3) is 0 Å². The van der Waals surface area contributed by atoms with Gasteiger partial charge in [-0.2, -0.15) is 0 Å². The van der Waals surface area contributed by atoms with Gasteiger partial charge in [-0.15, -0.1) is 0 Å². The van der Waals surface area contributed by atoms with E-state index in [0.29, 0.717) is 0 Å². The van der Waals surface area contributed by atoms with Crippen molar-refractivity contribution in [2.45, 2.75) is 32.2 Å². The molecule has 1 unspecified atom stereocenters. The lowest BCUT2D eigenvalue weighted by Gasteiger charge is -2.31. The molecule has 0 aromatic heterocycles. The van der Waals surface area contributed by atoms with Crippen molar-refractivity contribution in [2.24, 2.45) is 0 Å². The van der Waals surface area contributed by atoms with Gasteiger partial charge >= 0.3 is 0 Å². The minimum Gasteiger partial charge on any atom is -0.396 e. The highest BCUT2D eigenvalue weighted by atomic mass is 16.3. The molecule has 2 aromatic carbocycles. The summed E-state index contributed by atoms with van der Waals surface area (Å²) >= 11 is 0. The fourth-order valence-electron chi connectivity index (χ4n) is 2.62. The maximum absolute atomic E-state index is 9.36. The highest BCUT2D eigenvalue weighted by Gasteiger charge is 2.24. The van der Waals surface area contributed by atoms with Gasteiger partial charge in [-0.25, -0.2) is 0 Å². The lowest BCUT2D eigenvalue weighted by molar-refractivity contribution is 0.221. The van der Waals surface area contributed by atoms with Crippen molar-refractivity contribution in [2.75, 3.05) is 13.2 Å². The molecule has 0 aliphatic rings. The fraction of sp³-hybridized carbons (Fsp3) is 0.368. The summed E-state index contributed by atoms with van der Waals surface area (Å²) < 4.78 is 0. The predicted octanol–water partition coefficient (Wildman–Crippen LogP) is 3.95. The van der Waals surface area contributed by atoms with Crippen LogP contribution in [0.1, 0.15) is 32.3 Å². The van der Waals surface area contributed by atoms with Gasteiger partial charge in [-0.05, 0) is 43.0 Å². The van der Waals surface area contributed by atoms with Crippen LogP contribution in [0.25, 0.3) is 11.1 Å². The van der Waals surface area contributed by atoms with Crippen molar-refractivity contribution in [3.8, 4) is 11.1 Å². The van der Waals surface area contributed by atoms with Crippen molar-refractivity contribution in [3.05, 3.63) is 60.2 Å². The van der Waals surface area contributed by atoms with Crippen molar-refractivity contribution in [1.82, 2.24) is 5.32 Å². The monoisotopic (exact) mass is 283 g/mol. The molecule has 0 saturated carbocycles. The van der Waals surface area contributed by atoms with Gasteiger partial charge in [-0.3, -0.25) is 0 Å². The summed E-state index contributed by atoms with van der Waals surface area (Å²) in [5, 5.41) is 12.9. The van der Waals surface area contributed by atoms with E-state index in [2.05, 4.69) is 67.7 Å². The molecule has 21 heavy (non-hydrogen) atoms. The van der Waals surface area contributed by atoms with Crippen molar-refractivity contribution in [3.63, 3.8) is 0 Å². The van der Waals surface area contributed by atoms with Crippen LogP contribution in [0, 0.1) is 0 Å². The van der Waals surface area contributed by atoms with Gasteiger partial charge < -0.3 is 10.4 Å². The molecule has 2 N–H and O–H groups in total. The number of hydrogen-bond acceptors (Lipinski definition) is 2. The molecule has 2 nitrogen and oxygen atoms in total. The Morgan fingerprint density at radius 3 is 2.14 bits per heavy atom. The summed E-state index contributed by atoms with van der Waals surface area (Å²) in [7, 11) is 0. The molecule has 2 aromatic rings. The average Bonchev–Trinajstić information content (AvgIpc) is 2.54. The topological polar surface area (TPSA) is 32.3 Å². The van der Waals surface area contributed by atoms with Crippen LogP contribution in [0.15, 0.2) is 54.6 Å². The molecule has 0 fully saturated rings. The van der Waals surface area contributed by atoms with Crippen molar-refractivity contribution >= 4 is 0 Å². The molecule has 0 amide bonds. The van der Waals surface area contributed by atoms with Gasteiger partial charge in [-0.1, -0.05) is 61.5 Å². The maximum atomic E-state index is 9.36. The number of nitrogens with one attached hydrogen (secondary N) is 1. The zero-order valence-corrected chi connectivity index (χ0v) is 13.0. The van der Waals surface area contributed by atoms with E-state index in [1.807, 2.05) is 6.07 Å². The maximum Gasteiger partial charge on any atom is 0.0451 e. The number of hydrogen-bond donors (Lipinski definition) is 2. The van der Waals surface area contributed by atoms with Gasteiger partial charge in [0.15, 0.2) is 0 Å². The molecule has 0 radical (unpaired) electrons. The minimum absolute atomic E-state index is 0.167. The molecule has 112 valence electrons. The normalized spacial score (nSPS) is 13.9. The Hall–Kier alpha value is -1.64. The van der Waals surface area contributed by atoms with Crippen LogP contribution >= 0.6 is 0 Å². The third-order valence-corrected chi connectivity index (χ3v) is 4.01. The van der Waals surface area contributed by atoms with Crippen molar-refractivity contribution < 1.29 is 5.11 Å². The van der Waals surface area contributed by atoms with E-state index in [1.165, 1.54) is 16.7 Å². The molecule has 0 saturated heterocycles. The Bertz CT molecular complexity index is 535. The third-order valence-electron chi connectivity index (χ3n) is 4.01. The summed E-state index contributed by atoms with van der Waals surface area (Å²) in [5.41, 5.74) is 3.51. The summed E-state index contributed by atoms with van der Waals surface area (Å²) in [4.78, 5) is 0. The van der Waals surface area contributed by atoms with E-state index >= 15 is 0 Å². The average molecular weight is 283 g/mol. The van der Waals surface area contributed by atoms with Crippen LogP contribution in [-0.4, -0.2) is 18.3 Å². The van der Waals surface area contributed by atoms with E-state index in [-0.39, 0.29) is 12.1 Å². The lowest BCUT2D eigenvalue weighted by atomic mass is 9.87. The first-order chi connectivity index (χ1) is 10.2. The Morgan fingerprint density at radius 1 is 0.952 bits per heavy atom. The Morgan fingerprint density at radius 2 is 1.57 bits per heavy atom. The van der Waals surface area contributed by atoms with E-state index in [0.717, 1.165) is 19.4 Å². The highest BCUT2D eigenvalue weighted by Crippen LogP contribution is 2.27. The summed E-state index contributed by atoms with van der Waals surface area (Å²) in [6.07, 6.45) is 1.81. The van der Waals surface area contributed by atoms with E-state index in [4.69, 9.17) is 0 Å². The van der Waals surface area contributed by atoms with Gasteiger partial charge in [0, 0.05) is 12.1 Å². The molecular formula is C19H25NO. The summed E-state index contributed by atoms with van der Waals surface area (Å²) in [6.45, 7) is 5.46. The standard InChI is InChI=1S/C19H25NO/c1-3-14-20-19(2,13-15-21)18-11-9-17(10-12-18)16-7-5-4-6-8-16/h4-12,20-21H,3,13-15H2,1-2H3. The second-order valence-electron chi connectivity index (χ2n) is 5.68. The first-order valence-electron chi connectivity index (χ1n) is 7.71. The molecule has 0 spiro atoms. The van der Waals surface area contributed by atoms with Crippen LogP contribution in [0.4, 0.5) is 0 Å². The van der Waals surface area contributed by atoms with Gasteiger partial charge in [0.2, 0.25) is 0 Å². The smallest absolute Gasteiger partial charge is 0.0451 e. The number of aliphatic hydroxyl groups is 1. The molecule has 2 heteroatoms. The number of rotatable bonds is 7. The van der Waals surface area contributed by atoms with Crippen LogP contribution in [0.5, 0.6) is 0 Å². The van der Waals surface area contributed by atoms with Crippen LogP contribution in [0.2, 0.25) is 0 Å². The van der Waals surface area contributed by atoms with Gasteiger partial charge in [0.1, 0.15) is 0 Å². The van der Waals surface area contributed by atoms with E-state index in [9.17, 15) is 5.11 Å². The first kappa shape index (κ1) is 15.7. The van der Waals surface area contributed by atoms with Crippen LogP contribution in [0.3, 0.4) is 0 Å². The fourth-order valence-corrected chi connectivity index (χ4v) is 2.62. The number of benzene rings is 2. The zero-order chi connectivity index (χ0) is 15.1. The summed E-state index contributed by atoms with van der Waals surface area (Å²) in [6, 6.07) is 19.0. The predicted molar refractivity (Wildman–Crippen MR) is 89.2 cm³/mol. The van der Waals surface area contributed by atoms with E-state index in [1.54, 1.807) is 0 Å². The molecule has 2 rings (SSSR count). The van der Waals surface area contributed by atoms with Crippen LogP contribution in [-0.2, 0) is 5.54 Å². The summed E-state index contributed by atoms with van der Waals surface area (Å²) in [5.74, 6) is 0.